The lowest BCUT2D eigenvalue weighted by Crippen LogP contribution is -2.53. The predicted molar refractivity (Wildman–Crippen MR) is 234 cm³/mol. The molecule has 2 amide bonds. The van der Waals surface area contributed by atoms with Crippen molar-refractivity contribution in [1.29, 1.82) is 0 Å². The number of nitrogens with one attached hydrogen (secondary N) is 3. The van der Waals surface area contributed by atoms with Crippen LogP contribution in [0.5, 0.6) is 5.75 Å². The van der Waals surface area contributed by atoms with Gasteiger partial charge in [-0.25, -0.2) is 4.98 Å². The van der Waals surface area contributed by atoms with Crippen LogP contribution in [0.4, 0.5) is 28.8 Å². The Balaban J connectivity index is 0.825. The van der Waals surface area contributed by atoms with Crippen LogP contribution in [-0.2, 0) is 27.2 Å². The number of benzene rings is 3. The average Bonchev–Trinajstić information content (AvgIpc) is 3.54. The van der Waals surface area contributed by atoms with Crippen LogP contribution in [0.2, 0.25) is 5.02 Å². The van der Waals surface area contributed by atoms with E-state index in [9.17, 15) is 14.2 Å². The molecule has 4 aliphatic rings. The minimum Gasteiger partial charge on any atom is -0.494 e. The highest BCUT2D eigenvalue weighted by Crippen LogP contribution is 2.41. The number of imide groups is 1. The van der Waals surface area contributed by atoms with Crippen LogP contribution in [0, 0.1) is 0 Å². The molecule has 2 unspecified atom stereocenters. The van der Waals surface area contributed by atoms with Crippen LogP contribution in [0.15, 0.2) is 66.9 Å². The van der Waals surface area contributed by atoms with Crippen LogP contribution in [-0.4, -0.2) is 108 Å². The number of halogens is 1. The van der Waals surface area contributed by atoms with Gasteiger partial charge in [0.25, 0.3) is 0 Å². The Morgan fingerprint density at radius 2 is 1.72 bits per heavy atom. The summed E-state index contributed by atoms with van der Waals surface area (Å²) in [5, 5.41) is 9.96. The number of fused-ring (bicyclic) bond motifs is 1. The number of thiol groups is 1. The van der Waals surface area contributed by atoms with E-state index < -0.39 is 7.14 Å². The third-order valence-corrected chi connectivity index (χ3v) is 14.2. The molecule has 1 aromatic heterocycles. The topological polar surface area (TPSA) is 135 Å². The number of amides is 2. The number of ether oxygens (including phenoxy) is 1. The first kappa shape index (κ1) is 40.6. The Kier molecular flexibility index (Phi) is 12.0. The van der Waals surface area contributed by atoms with Gasteiger partial charge in [0.15, 0.2) is 5.82 Å². The van der Waals surface area contributed by atoms with Crippen molar-refractivity contribution < 1.29 is 18.9 Å². The Hall–Kier alpha value is -4.17. The highest BCUT2D eigenvalue weighted by atomic mass is 35.5. The monoisotopic (exact) mass is 843 g/mol. The number of piperidine rings is 2. The van der Waals surface area contributed by atoms with Gasteiger partial charge in [0.1, 0.15) is 17.9 Å². The Labute approximate surface area is 350 Å². The van der Waals surface area contributed by atoms with E-state index in [-0.39, 0.29) is 23.2 Å². The smallest absolute Gasteiger partial charge is 0.243 e. The number of rotatable bonds is 11. The molecule has 5 heterocycles. The van der Waals surface area contributed by atoms with Gasteiger partial charge in [0.05, 0.1) is 36.1 Å². The number of aromatic nitrogens is 2. The largest absolute Gasteiger partial charge is 0.494 e. The van der Waals surface area contributed by atoms with Crippen LogP contribution in [0.25, 0.3) is 0 Å². The first-order chi connectivity index (χ1) is 27.9. The lowest BCUT2D eigenvalue weighted by atomic mass is 10.0. The van der Waals surface area contributed by atoms with Crippen molar-refractivity contribution >= 4 is 77.3 Å². The lowest BCUT2D eigenvalue weighted by molar-refractivity contribution is -0.137. The van der Waals surface area contributed by atoms with E-state index >= 15 is 0 Å². The van der Waals surface area contributed by atoms with Crippen LogP contribution in [0.1, 0.15) is 47.7 Å². The fourth-order valence-corrected chi connectivity index (χ4v) is 10.5. The normalized spacial score (nSPS) is 21.2. The maximum Gasteiger partial charge on any atom is 0.243 e. The number of carbonyl (C=O) groups is 2. The average molecular weight is 844 g/mol. The SMILES string of the molecule is COc1cc(N2CCC(N3CCN(Cc4ccc5c(c4)CN(C4CCC(=O)NC4=O)C5S)CC3)CC2)ccc1Nc1ncc(Cl)c(Nc2ccccc2P(C)(C)=O)n1. The van der Waals surface area contributed by atoms with E-state index in [0.717, 1.165) is 80.9 Å². The summed E-state index contributed by atoms with van der Waals surface area (Å²) in [5.74, 6) is 1.04. The summed E-state index contributed by atoms with van der Waals surface area (Å²) < 4.78 is 18.7. The van der Waals surface area contributed by atoms with Gasteiger partial charge in [-0.15, -0.1) is 0 Å². The second kappa shape index (κ2) is 17.2. The Morgan fingerprint density at radius 3 is 2.47 bits per heavy atom. The molecule has 58 heavy (non-hydrogen) atoms. The molecule has 306 valence electrons. The summed E-state index contributed by atoms with van der Waals surface area (Å²) >= 11 is 11.4. The van der Waals surface area contributed by atoms with Crippen molar-refractivity contribution in [2.45, 2.75) is 56.2 Å². The van der Waals surface area contributed by atoms with Crippen LogP contribution >= 0.6 is 31.4 Å². The van der Waals surface area contributed by atoms with Crippen molar-refractivity contribution in [3.8, 4) is 5.75 Å². The number of hydrogen-bond acceptors (Lipinski definition) is 13. The Morgan fingerprint density at radius 1 is 0.948 bits per heavy atom. The maximum atomic E-state index is 12.9. The molecule has 0 radical (unpaired) electrons. The Bertz CT molecular complexity index is 2230. The van der Waals surface area contributed by atoms with Crippen molar-refractivity contribution in [2.24, 2.45) is 0 Å². The molecule has 16 heteroatoms. The molecule has 3 saturated heterocycles. The molecule has 2 atom stereocenters. The van der Waals surface area contributed by atoms with Crippen molar-refractivity contribution in [1.82, 2.24) is 30.0 Å². The highest BCUT2D eigenvalue weighted by Gasteiger charge is 2.39. The van der Waals surface area contributed by atoms with E-state index in [1.165, 1.54) is 17.3 Å². The van der Waals surface area contributed by atoms with Gasteiger partial charge in [0, 0.05) is 81.9 Å². The van der Waals surface area contributed by atoms with Gasteiger partial charge in [-0.2, -0.15) is 17.6 Å². The molecule has 13 nitrogen and oxygen atoms in total. The zero-order valence-electron chi connectivity index (χ0n) is 33.2. The molecule has 3 N–H and O–H groups in total. The molecular formula is C42H51ClN9O4PS. The summed E-state index contributed by atoms with van der Waals surface area (Å²) in [7, 11) is -0.879. The number of piperazine rings is 1. The third kappa shape index (κ3) is 8.88. The van der Waals surface area contributed by atoms with E-state index in [1.54, 1.807) is 20.4 Å². The summed E-state index contributed by atoms with van der Waals surface area (Å²) in [6, 6.07) is 20.5. The van der Waals surface area contributed by atoms with E-state index in [0.29, 0.717) is 53.7 Å². The second-order valence-corrected chi connectivity index (χ2v) is 20.0. The zero-order chi connectivity index (χ0) is 40.6. The van der Waals surface area contributed by atoms with Gasteiger partial charge in [-0.05, 0) is 73.5 Å². The number of carbonyl (C=O) groups excluding carboxylic acids is 2. The maximum absolute atomic E-state index is 12.9. The first-order valence-electron chi connectivity index (χ1n) is 19.9. The quantitative estimate of drug-likeness (QED) is 0.0778. The fraction of sp³-hybridized carbons (Fsp3) is 0.429. The third-order valence-electron chi connectivity index (χ3n) is 11.8. The van der Waals surface area contributed by atoms with Gasteiger partial charge in [-0.3, -0.25) is 29.6 Å². The molecular weight excluding hydrogens is 793 g/mol. The van der Waals surface area contributed by atoms with Gasteiger partial charge < -0.3 is 24.8 Å². The summed E-state index contributed by atoms with van der Waals surface area (Å²) in [6.45, 7) is 11.2. The van der Waals surface area contributed by atoms with Gasteiger partial charge >= 0.3 is 0 Å². The summed E-state index contributed by atoms with van der Waals surface area (Å²) in [4.78, 5) is 43.1. The number of methoxy groups -OCH3 is 1. The number of nitrogens with zero attached hydrogens (tertiary/aromatic N) is 6. The number of hydrogen-bond donors (Lipinski definition) is 4. The fourth-order valence-electron chi connectivity index (χ4n) is 8.71. The van der Waals surface area contributed by atoms with Gasteiger partial charge in [-0.1, -0.05) is 41.9 Å². The molecule has 4 aliphatic heterocycles. The minimum absolute atomic E-state index is 0.148. The first-order valence-corrected chi connectivity index (χ1v) is 23.4. The number of anilines is 5. The predicted octanol–water partition coefficient (Wildman–Crippen LogP) is 6.21. The molecule has 0 saturated carbocycles. The van der Waals surface area contributed by atoms with Crippen LogP contribution < -0.4 is 30.9 Å². The minimum atomic E-state index is -2.54. The molecule has 3 fully saturated rings. The van der Waals surface area contributed by atoms with E-state index in [1.807, 2.05) is 30.3 Å². The molecule has 4 aromatic rings. The molecule has 8 rings (SSSR count). The summed E-state index contributed by atoms with van der Waals surface area (Å²) in [5.41, 5.74) is 6.20. The van der Waals surface area contributed by atoms with Crippen molar-refractivity contribution in [2.75, 3.05) is 75.2 Å². The zero-order valence-corrected chi connectivity index (χ0v) is 35.7. The molecule has 0 aliphatic carbocycles. The standard InChI is InChI=1S/C42H51ClN9O4PS/c1-56-36-23-30(9-11-33(36)46-42-44-24-32(43)39(48-42)45-34-6-4-5-7-37(34)57(2,3)55)50-16-14-29(15-17-50)51-20-18-49(19-21-51)25-27-8-10-31-28(22-27)26-52(41(31)58)35-12-13-38(53)47-40(35)54/h4-11,22-24,29,35,41,58H,12-21,25-26H2,1-3H3,(H,47,53,54)(H2,44,45,46,48). The van der Waals surface area contributed by atoms with Gasteiger partial charge in [0.2, 0.25) is 17.8 Å². The molecule has 0 bridgehead atoms. The molecule has 3 aromatic carbocycles. The summed E-state index contributed by atoms with van der Waals surface area (Å²) in [6.07, 6.45) is 4.65. The van der Waals surface area contributed by atoms with E-state index in [2.05, 4.69) is 75.8 Å². The van der Waals surface area contributed by atoms with Crippen molar-refractivity contribution in [3.05, 3.63) is 88.6 Å². The number of para-hydroxylation sites is 1. The molecule has 0 spiro atoms. The highest BCUT2D eigenvalue weighted by molar-refractivity contribution is 7.80. The van der Waals surface area contributed by atoms with Crippen LogP contribution in [0.3, 0.4) is 0 Å². The lowest BCUT2D eigenvalue weighted by Gasteiger charge is -2.43. The van der Waals surface area contributed by atoms with Crippen molar-refractivity contribution in [3.63, 3.8) is 0 Å². The second-order valence-electron chi connectivity index (χ2n) is 16.0. The van der Waals surface area contributed by atoms with E-state index in [4.69, 9.17) is 29.0 Å².